The van der Waals surface area contributed by atoms with E-state index >= 15 is 0 Å². The van der Waals surface area contributed by atoms with Crippen molar-refractivity contribution in [3.05, 3.63) is 18.3 Å². The number of aromatic amines is 1. The first-order chi connectivity index (χ1) is 8.14. The Hall–Kier alpha value is -1.59. The zero-order valence-corrected chi connectivity index (χ0v) is 9.16. The number of alkyl halides is 2. The molecule has 1 saturated carbocycles. The Kier molecular flexibility index (Phi) is 2.31. The Labute approximate surface area is 96.5 Å². The molecule has 4 nitrogen and oxygen atoms in total. The Balaban J connectivity index is 1.85. The Morgan fingerprint density at radius 3 is 2.76 bits per heavy atom. The number of hydrogen-bond acceptors (Lipinski definition) is 3. The van der Waals surface area contributed by atoms with E-state index in [4.69, 9.17) is 0 Å². The van der Waals surface area contributed by atoms with Crippen LogP contribution in [0.3, 0.4) is 0 Å². The van der Waals surface area contributed by atoms with E-state index in [2.05, 4.69) is 19.9 Å². The van der Waals surface area contributed by atoms with Crippen LogP contribution in [0.15, 0.2) is 12.5 Å². The first kappa shape index (κ1) is 10.6. The lowest BCUT2D eigenvalue weighted by Gasteiger charge is -2.26. The van der Waals surface area contributed by atoms with Crippen LogP contribution >= 0.6 is 0 Å². The topological polar surface area (TPSA) is 54.5 Å². The summed E-state index contributed by atoms with van der Waals surface area (Å²) in [5.74, 6) is -1.65. The Bertz CT molecular complexity index is 494. The summed E-state index contributed by atoms with van der Waals surface area (Å²) < 4.78 is 26.1. The minimum atomic E-state index is -2.50. The van der Waals surface area contributed by atoms with Crippen LogP contribution in [-0.4, -0.2) is 25.9 Å². The maximum Gasteiger partial charge on any atom is 0.248 e. The van der Waals surface area contributed by atoms with E-state index in [0.717, 1.165) is 11.3 Å². The number of imidazole rings is 1. The molecule has 1 fully saturated rings. The highest BCUT2D eigenvalue weighted by atomic mass is 19.3. The maximum absolute atomic E-state index is 13.0. The second kappa shape index (κ2) is 3.72. The van der Waals surface area contributed by atoms with E-state index < -0.39 is 5.92 Å². The van der Waals surface area contributed by atoms with Crippen LogP contribution in [-0.2, 0) is 0 Å². The number of fused-ring (bicyclic) bond motifs is 1. The number of nitrogens with one attached hydrogen (secondary N) is 1. The molecule has 0 bridgehead atoms. The van der Waals surface area contributed by atoms with Crippen molar-refractivity contribution in [3.63, 3.8) is 0 Å². The van der Waals surface area contributed by atoms with Crippen LogP contribution in [0.2, 0.25) is 0 Å². The molecule has 2 heterocycles. The van der Waals surface area contributed by atoms with Crippen LogP contribution < -0.4 is 0 Å². The molecule has 90 valence electrons. The molecule has 1 N–H and O–H groups in total. The van der Waals surface area contributed by atoms with Gasteiger partial charge in [0.25, 0.3) is 0 Å². The van der Waals surface area contributed by atoms with Gasteiger partial charge in [0.2, 0.25) is 5.92 Å². The molecule has 0 amide bonds. The molecule has 3 rings (SSSR count). The van der Waals surface area contributed by atoms with Crippen molar-refractivity contribution in [2.45, 2.75) is 37.5 Å². The summed E-state index contributed by atoms with van der Waals surface area (Å²) in [5.41, 5.74) is 1.37. The van der Waals surface area contributed by atoms with Gasteiger partial charge in [-0.2, -0.15) is 0 Å². The third-order valence-electron chi connectivity index (χ3n) is 3.28. The molecular weight excluding hydrogens is 226 g/mol. The fourth-order valence-corrected chi connectivity index (χ4v) is 2.29. The van der Waals surface area contributed by atoms with Gasteiger partial charge in [-0.1, -0.05) is 0 Å². The fraction of sp³-hybridized carbons (Fsp3) is 0.545. The van der Waals surface area contributed by atoms with Crippen LogP contribution in [0.25, 0.3) is 11.2 Å². The van der Waals surface area contributed by atoms with Gasteiger partial charge in [-0.15, -0.1) is 0 Å². The lowest BCUT2D eigenvalue weighted by Crippen LogP contribution is -2.24. The highest BCUT2D eigenvalue weighted by molar-refractivity contribution is 5.68. The molecule has 2 aromatic heterocycles. The van der Waals surface area contributed by atoms with E-state index in [1.165, 1.54) is 6.33 Å². The van der Waals surface area contributed by atoms with Crippen molar-refractivity contribution >= 4 is 11.2 Å². The van der Waals surface area contributed by atoms with E-state index in [-0.39, 0.29) is 18.8 Å². The molecule has 2 aromatic rings. The molecule has 0 aromatic carbocycles. The van der Waals surface area contributed by atoms with Gasteiger partial charge in [-0.05, 0) is 12.8 Å². The van der Waals surface area contributed by atoms with E-state index in [9.17, 15) is 8.78 Å². The largest absolute Gasteiger partial charge is 0.339 e. The smallest absolute Gasteiger partial charge is 0.248 e. The predicted molar refractivity (Wildman–Crippen MR) is 57.8 cm³/mol. The SMILES string of the molecule is FC1(F)CCC(c2nc3ncncc3[nH]2)CC1. The number of rotatable bonds is 1. The lowest BCUT2D eigenvalue weighted by molar-refractivity contribution is -0.0387. The van der Waals surface area contributed by atoms with Crippen LogP contribution in [0.5, 0.6) is 0 Å². The molecule has 0 unspecified atom stereocenters. The van der Waals surface area contributed by atoms with Crippen molar-refractivity contribution in [3.8, 4) is 0 Å². The van der Waals surface area contributed by atoms with E-state index in [1.807, 2.05) is 0 Å². The van der Waals surface area contributed by atoms with Gasteiger partial charge in [0, 0.05) is 18.8 Å². The maximum atomic E-state index is 13.0. The van der Waals surface area contributed by atoms with Crippen LogP contribution in [0.1, 0.15) is 37.4 Å². The quantitative estimate of drug-likeness (QED) is 0.830. The normalized spacial score (nSPS) is 20.8. The Morgan fingerprint density at radius 2 is 2.06 bits per heavy atom. The number of nitrogens with zero attached hydrogens (tertiary/aromatic N) is 3. The first-order valence-electron chi connectivity index (χ1n) is 5.67. The van der Waals surface area contributed by atoms with Gasteiger partial charge in [-0.3, -0.25) is 0 Å². The van der Waals surface area contributed by atoms with Crippen LogP contribution in [0.4, 0.5) is 8.78 Å². The molecule has 1 aliphatic carbocycles. The number of H-pyrrole nitrogens is 1. The van der Waals surface area contributed by atoms with Gasteiger partial charge in [0.05, 0.1) is 6.20 Å². The molecule has 6 heteroatoms. The van der Waals surface area contributed by atoms with Gasteiger partial charge in [0.1, 0.15) is 17.7 Å². The molecular formula is C11H12F2N4. The summed E-state index contributed by atoms with van der Waals surface area (Å²) in [4.78, 5) is 15.4. The summed E-state index contributed by atoms with van der Waals surface area (Å²) in [7, 11) is 0. The molecule has 0 saturated heterocycles. The highest BCUT2D eigenvalue weighted by Crippen LogP contribution is 2.40. The molecule has 0 aliphatic heterocycles. The van der Waals surface area contributed by atoms with Crippen molar-refractivity contribution < 1.29 is 8.78 Å². The highest BCUT2D eigenvalue weighted by Gasteiger charge is 2.36. The second-order valence-electron chi connectivity index (χ2n) is 4.51. The molecule has 0 radical (unpaired) electrons. The Morgan fingerprint density at radius 1 is 1.29 bits per heavy atom. The number of halogens is 2. The zero-order valence-electron chi connectivity index (χ0n) is 9.16. The van der Waals surface area contributed by atoms with Gasteiger partial charge in [-0.25, -0.2) is 23.7 Å². The number of hydrogen-bond donors (Lipinski definition) is 1. The third-order valence-corrected chi connectivity index (χ3v) is 3.28. The minimum Gasteiger partial charge on any atom is -0.339 e. The summed E-state index contributed by atoms with van der Waals surface area (Å²) in [6.07, 6.45) is 3.92. The van der Waals surface area contributed by atoms with E-state index in [0.29, 0.717) is 18.5 Å². The molecule has 0 spiro atoms. The van der Waals surface area contributed by atoms with Crippen molar-refractivity contribution in [2.24, 2.45) is 0 Å². The van der Waals surface area contributed by atoms with Crippen molar-refractivity contribution in [1.82, 2.24) is 19.9 Å². The monoisotopic (exact) mass is 238 g/mol. The minimum absolute atomic E-state index is 0.0552. The summed E-state index contributed by atoms with van der Waals surface area (Å²) in [5, 5.41) is 0. The van der Waals surface area contributed by atoms with Crippen molar-refractivity contribution in [2.75, 3.05) is 0 Å². The van der Waals surface area contributed by atoms with Crippen LogP contribution in [0, 0.1) is 0 Å². The first-order valence-corrected chi connectivity index (χ1v) is 5.67. The lowest BCUT2D eigenvalue weighted by atomic mass is 9.86. The average Bonchev–Trinajstić information content (AvgIpc) is 2.72. The second-order valence-corrected chi connectivity index (χ2v) is 4.51. The standard InChI is InChI=1S/C11H12F2N4/c12-11(13)3-1-7(2-4-11)9-16-8-5-14-6-15-10(8)17-9/h5-7H,1-4H2,(H,14,15,16,17). The summed E-state index contributed by atoms with van der Waals surface area (Å²) in [6, 6.07) is 0. The predicted octanol–water partition coefficient (Wildman–Crippen LogP) is 2.65. The fourth-order valence-electron chi connectivity index (χ4n) is 2.29. The van der Waals surface area contributed by atoms with E-state index in [1.54, 1.807) is 6.20 Å². The molecule has 1 aliphatic rings. The number of aromatic nitrogens is 4. The summed E-state index contributed by atoms with van der Waals surface area (Å²) in [6.45, 7) is 0. The summed E-state index contributed by atoms with van der Waals surface area (Å²) >= 11 is 0. The van der Waals surface area contributed by atoms with Gasteiger partial charge in [0.15, 0.2) is 5.65 Å². The molecule has 17 heavy (non-hydrogen) atoms. The zero-order chi connectivity index (χ0) is 11.9. The average molecular weight is 238 g/mol. The van der Waals surface area contributed by atoms with Gasteiger partial charge < -0.3 is 4.98 Å². The van der Waals surface area contributed by atoms with Gasteiger partial charge >= 0.3 is 0 Å². The van der Waals surface area contributed by atoms with Crippen molar-refractivity contribution in [1.29, 1.82) is 0 Å². The third kappa shape index (κ3) is 1.99. The molecule has 0 atom stereocenters.